The fraction of sp³-hybridized carbons (Fsp3) is 0.545. The Morgan fingerprint density at radius 1 is 1.69 bits per heavy atom. The molecule has 0 aliphatic rings. The van der Waals surface area contributed by atoms with Crippen molar-refractivity contribution < 1.29 is 4.79 Å². The first kappa shape index (κ1) is 12.2. The molecule has 0 atom stereocenters. The highest BCUT2D eigenvalue weighted by atomic mass is 16.2. The molecule has 0 spiro atoms. The first-order chi connectivity index (χ1) is 7.39. The Balaban J connectivity index is 2.90. The Bertz CT molecular complexity index is 439. The number of nitrogens with zero attached hydrogens (tertiary/aromatic N) is 3. The molecule has 1 heterocycles. The molecule has 5 heteroatoms. The van der Waals surface area contributed by atoms with Crippen LogP contribution in [-0.4, -0.2) is 21.2 Å². The fourth-order valence-electron chi connectivity index (χ4n) is 1.29. The van der Waals surface area contributed by atoms with Gasteiger partial charge in [-0.1, -0.05) is 6.92 Å². The largest absolute Gasteiger partial charge is 0.333 e. The third kappa shape index (κ3) is 2.60. The van der Waals surface area contributed by atoms with Crippen LogP contribution in [0.15, 0.2) is 6.07 Å². The predicted octanol–water partition coefficient (Wildman–Crippen LogP) is 1.01. The van der Waals surface area contributed by atoms with Gasteiger partial charge >= 0.3 is 0 Å². The van der Waals surface area contributed by atoms with Gasteiger partial charge in [-0.2, -0.15) is 10.4 Å². The number of nitriles is 1. The summed E-state index contributed by atoms with van der Waals surface area (Å²) in [6.45, 7) is 5.28. The average Bonchev–Trinajstić information content (AvgIpc) is 2.59. The Morgan fingerprint density at radius 2 is 2.31 bits per heavy atom. The third-order valence-corrected chi connectivity index (χ3v) is 2.23. The van der Waals surface area contributed by atoms with E-state index in [1.807, 2.05) is 13.0 Å². The molecule has 0 aliphatic heterocycles. The van der Waals surface area contributed by atoms with Crippen LogP contribution in [0, 0.1) is 11.3 Å². The minimum atomic E-state index is -0.867. The zero-order chi connectivity index (χ0) is 12.3. The van der Waals surface area contributed by atoms with Gasteiger partial charge in [0.2, 0.25) is 0 Å². The van der Waals surface area contributed by atoms with Gasteiger partial charge in [-0.3, -0.25) is 9.48 Å². The summed E-state index contributed by atoms with van der Waals surface area (Å²) in [6.07, 6.45) is 0.781. The number of carbonyl (C=O) groups is 1. The summed E-state index contributed by atoms with van der Waals surface area (Å²) < 4.78 is 1.53. The average molecular weight is 220 g/mol. The monoisotopic (exact) mass is 220 g/mol. The maximum atomic E-state index is 11.8. The first-order valence-electron chi connectivity index (χ1n) is 5.16. The van der Waals surface area contributed by atoms with E-state index in [1.54, 1.807) is 27.0 Å². The van der Waals surface area contributed by atoms with E-state index in [2.05, 4.69) is 10.4 Å². The lowest BCUT2D eigenvalue weighted by atomic mass is 10.1. The zero-order valence-electron chi connectivity index (χ0n) is 10.0. The van der Waals surface area contributed by atoms with Crippen LogP contribution >= 0.6 is 0 Å². The van der Waals surface area contributed by atoms with Crippen molar-refractivity contribution in [2.75, 3.05) is 0 Å². The lowest BCUT2D eigenvalue weighted by molar-refractivity contribution is 0.0919. The number of nitrogens with one attached hydrogen (secondary N) is 1. The number of rotatable bonds is 3. The lowest BCUT2D eigenvalue weighted by Crippen LogP contribution is -2.42. The summed E-state index contributed by atoms with van der Waals surface area (Å²) in [5.41, 5.74) is 0.468. The molecule has 86 valence electrons. The summed E-state index contributed by atoms with van der Waals surface area (Å²) in [5, 5.41) is 15.6. The van der Waals surface area contributed by atoms with Crippen molar-refractivity contribution in [3.63, 3.8) is 0 Å². The lowest BCUT2D eigenvalue weighted by Gasteiger charge is -2.17. The molecule has 1 aromatic rings. The smallest absolute Gasteiger partial charge is 0.270 e. The molecule has 1 N–H and O–H groups in total. The second kappa shape index (κ2) is 4.35. The third-order valence-electron chi connectivity index (χ3n) is 2.23. The molecular formula is C11H16N4O. The maximum Gasteiger partial charge on any atom is 0.270 e. The van der Waals surface area contributed by atoms with Crippen LogP contribution in [0.3, 0.4) is 0 Å². The van der Waals surface area contributed by atoms with Gasteiger partial charge in [0.1, 0.15) is 11.2 Å². The van der Waals surface area contributed by atoms with Crippen LogP contribution in [-0.2, 0) is 13.5 Å². The van der Waals surface area contributed by atoms with E-state index in [0.717, 1.165) is 12.1 Å². The normalized spacial score (nSPS) is 10.9. The SMILES string of the molecule is CCc1cc(C(=O)NC(C)(C)C#N)n(C)n1. The highest BCUT2D eigenvalue weighted by Gasteiger charge is 2.22. The first-order valence-corrected chi connectivity index (χ1v) is 5.16. The molecule has 5 nitrogen and oxygen atoms in total. The van der Waals surface area contributed by atoms with E-state index in [1.165, 1.54) is 4.68 Å². The van der Waals surface area contributed by atoms with Crippen LogP contribution in [0.2, 0.25) is 0 Å². The quantitative estimate of drug-likeness (QED) is 0.826. The van der Waals surface area contributed by atoms with Crippen LogP contribution in [0.25, 0.3) is 0 Å². The van der Waals surface area contributed by atoms with Gasteiger partial charge in [-0.25, -0.2) is 0 Å². The summed E-state index contributed by atoms with van der Waals surface area (Å²) in [5.74, 6) is -0.277. The Kier molecular flexibility index (Phi) is 3.33. The number of hydrogen-bond donors (Lipinski definition) is 1. The van der Waals surface area contributed by atoms with Crippen LogP contribution in [0.1, 0.15) is 37.0 Å². The van der Waals surface area contributed by atoms with Gasteiger partial charge in [0.05, 0.1) is 11.8 Å². The molecule has 1 rings (SSSR count). The van der Waals surface area contributed by atoms with Crippen molar-refractivity contribution in [2.24, 2.45) is 7.05 Å². The second-order valence-electron chi connectivity index (χ2n) is 4.19. The molecular weight excluding hydrogens is 204 g/mol. The van der Waals surface area contributed by atoms with Gasteiger partial charge in [-0.05, 0) is 26.3 Å². The number of aryl methyl sites for hydroxylation is 2. The van der Waals surface area contributed by atoms with Crippen molar-refractivity contribution in [1.29, 1.82) is 5.26 Å². The molecule has 0 radical (unpaired) electrons. The number of carbonyl (C=O) groups excluding carboxylic acids is 1. The maximum absolute atomic E-state index is 11.8. The van der Waals surface area contributed by atoms with E-state index >= 15 is 0 Å². The van der Waals surface area contributed by atoms with E-state index in [-0.39, 0.29) is 5.91 Å². The van der Waals surface area contributed by atoms with E-state index in [4.69, 9.17) is 5.26 Å². The van der Waals surface area contributed by atoms with Crippen LogP contribution in [0.5, 0.6) is 0 Å². The summed E-state index contributed by atoms with van der Waals surface area (Å²) >= 11 is 0. The predicted molar refractivity (Wildman–Crippen MR) is 59.7 cm³/mol. The molecule has 0 saturated heterocycles. The summed E-state index contributed by atoms with van der Waals surface area (Å²) in [4.78, 5) is 11.8. The molecule has 0 bridgehead atoms. The molecule has 0 aliphatic carbocycles. The summed E-state index contributed by atoms with van der Waals surface area (Å²) in [6, 6.07) is 3.76. The van der Waals surface area contributed by atoms with E-state index in [0.29, 0.717) is 5.69 Å². The molecule has 16 heavy (non-hydrogen) atoms. The van der Waals surface area contributed by atoms with Crippen molar-refractivity contribution >= 4 is 5.91 Å². The van der Waals surface area contributed by atoms with Gasteiger partial charge in [0, 0.05) is 7.05 Å². The molecule has 1 aromatic heterocycles. The minimum Gasteiger partial charge on any atom is -0.333 e. The molecule has 0 aromatic carbocycles. The van der Waals surface area contributed by atoms with Crippen molar-refractivity contribution in [3.05, 3.63) is 17.5 Å². The number of aromatic nitrogens is 2. The zero-order valence-corrected chi connectivity index (χ0v) is 10.0. The molecule has 0 saturated carbocycles. The molecule has 0 fully saturated rings. The van der Waals surface area contributed by atoms with Gasteiger partial charge < -0.3 is 5.32 Å². The van der Waals surface area contributed by atoms with Gasteiger partial charge in [0.15, 0.2) is 0 Å². The molecule has 1 amide bonds. The second-order valence-corrected chi connectivity index (χ2v) is 4.19. The highest BCUT2D eigenvalue weighted by Crippen LogP contribution is 2.06. The summed E-state index contributed by atoms with van der Waals surface area (Å²) in [7, 11) is 1.72. The van der Waals surface area contributed by atoms with Gasteiger partial charge in [-0.15, -0.1) is 0 Å². The Morgan fingerprint density at radius 3 is 2.75 bits per heavy atom. The van der Waals surface area contributed by atoms with Crippen molar-refractivity contribution in [1.82, 2.24) is 15.1 Å². The standard InChI is InChI=1S/C11H16N4O/c1-5-8-6-9(15(4)14-8)10(16)13-11(2,3)7-12/h6H,5H2,1-4H3,(H,13,16). The van der Waals surface area contributed by atoms with Gasteiger partial charge in [0.25, 0.3) is 5.91 Å². The topological polar surface area (TPSA) is 70.7 Å². The minimum absolute atomic E-state index is 0.277. The van der Waals surface area contributed by atoms with E-state index < -0.39 is 5.54 Å². The Hall–Kier alpha value is -1.83. The Labute approximate surface area is 95.1 Å². The van der Waals surface area contributed by atoms with Crippen molar-refractivity contribution in [2.45, 2.75) is 32.7 Å². The van der Waals surface area contributed by atoms with Crippen LogP contribution in [0.4, 0.5) is 0 Å². The number of amides is 1. The van der Waals surface area contributed by atoms with Crippen molar-refractivity contribution in [3.8, 4) is 6.07 Å². The molecule has 0 unspecified atom stereocenters. The highest BCUT2D eigenvalue weighted by molar-refractivity contribution is 5.93. The van der Waals surface area contributed by atoms with E-state index in [9.17, 15) is 4.79 Å². The fourth-order valence-corrected chi connectivity index (χ4v) is 1.29. The number of hydrogen-bond acceptors (Lipinski definition) is 3. The van der Waals surface area contributed by atoms with Crippen LogP contribution < -0.4 is 5.32 Å².